The molecule has 0 saturated carbocycles. The van der Waals surface area contributed by atoms with E-state index in [0.29, 0.717) is 10.6 Å². The molecule has 2 unspecified atom stereocenters. The molecule has 0 aliphatic carbocycles. The minimum atomic E-state index is -4.90. The SMILES string of the molecule is Cn1c2c(c(=O)n(CC(O)CO)c1=O)N(Cc1ccc(Cl)cc1)C(Oc1cccc(OC(F)(F)F)c1)N2. The van der Waals surface area contributed by atoms with Gasteiger partial charge in [0.15, 0.2) is 0 Å². The van der Waals surface area contributed by atoms with E-state index in [2.05, 4.69) is 10.1 Å². The average molecular weight is 543 g/mol. The molecule has 0 saturated heterocycles. The van der Waals surface area contributed by atoms with Crippen LogP contribution in [0, 0.1) is 0 Å². The van der Waals surface area contributed by atoms with Crippen molar-refractivity contribution in [1.82, 2.24) is 9.13 Å². The number of hydrogen-bond acceptors (Lipinski definition) is 8. The number of aliphatic hydroxyl groups is 2. The maximum atomic E-state index is 13.4. The molecule has 2 atom stereocenters. The highest BCUT2D eigenvalue weighted by atomic mass is 35.5. The van der Waals surface area contributed by atoms with E-state index in [1.165, 1.54) is 24.1 Å². The Kier molecular flexibility index (Phi) is 7.39. The lowest BCUT2D eigenvalue weighted by atomic mass is 10.2. The molecule has 3 N–H and O–H groups in total. The Morgan fingerprint density at radius 3 is 2.46 bits per heavy atom. The first-order chi connectivity index (χ1) is 17.5. The van der Waals surface area contributed by atoms with E-state index in [-0.39, 0.29) is 23.8 Å². The molecule has 1 aliphatic rings. The van der Waals surface area contributed by atoms with Gasteiger partial charge in [0.05, 0.1) is 19.3 Å². The van der Waals surface area contributed by atoms with Gasteiger partial charge in [-0.1, -0.05) is 29.8 Å². The average Bonchev–Trinajstić information content (AvgIpc) is 3.18. The number of nitrogens with zero attached hydrogens (tertiary/aromatic N) is 3. The molecular formula is C23H22ClF3N4O6. The van der Waals surface area contributed by atoms with Crippen LogP contribution in [0.2, 0.25) is 5.02 Å². The number of halogens is 4. The number of alkyl halides is 3. The summed E-state index contributed by atoms with van der Waals surface area (Å²) in [6, 6.07) is 11.6. The van der Waals surface area contributed by atoms with Crippen LogP contribution in [0.25, 0.3) is 0 Å². The molecule has 37 heavy (non-hydrogen) atoms. The minimum Gasteiger partial charge on any atom is -0.452 e. The van der Waals surface area contributed by atoms with E-state index >= 15 is 0 Å². The summed E-state index contributed by atoms with van der Waals surface area (Å²) in [6.45, 7) is -1.04. The zero-order valence-electron chi connectivity index (χ0n) is 19.3. The Morgan fingerprint density at radius 2 is 1.81 bits per heavy atom. The third-order valence-electron chi connectivity index (χ3n) is 5.51. The lowest BCUT2D eigenvalue weighted by molar-refractivity contribution is -0.274. The van der Waals surface area contributed by atoms with Crippen molar-refractivity contribution in [1.29, 1.82) is 0 Å². The Hall–Kier alpha value is -3.68. The number of aromatic nitrogens is 2. The first kappa shape index (κ1) is 26.4. The first-order valence-corrected chi connectivity index (χ1v) is 11.3. The Balaban J connectivity index is 1.75. The van der Waals surface area contributed by atoms with Crippen molar-refractivity contribution in [3.63, 3.8) is 0 Å². The van der Waals surface area contributed by atoms with Crippen molar-refractivity contribution < 1.29 is 32.9 Å². The maximum absolute atomic E-state index is 13.4. The van der Waals surface area contributed by atoms with Gasteiger partial charge in [-0.2, -0.15) is 0 Å². The summed E-state index contributed by atoms with van der Waals surface area (Å²) in [7, 11) is 1.40. The van der Waals surface area contributed by atoms with Crippen molar-refractivity contribution >= 4 is 23.1 Å². The van der Waals surface area contributed by atoms with Crippen molar-refractivity contribution in [2.45, 2.75) is 31.9 Å². The van der Waals surface area contributed by atoms with Gasteiger partial charge in [0, 0.05) is 24.7 Å². The summed E-state index contributed by atoms with van der Waals surface area (Å²) in [4.78, 5) is 27.7. The largest absolute Gasteiger partial charge is 0.573 e. The van der Waals surface area contributed by atoms with Crippen molar-refractivity contribution in [3.05, 3.63) is 80.0 Å². The van der Waals surface area contributed by atoms with Crippen LogP contribution in [0.4, 0.5) is 24.7 Å². The highest BCUT2D eigenvalue weighted by Gasteiger charge is 2.37. The summed E-state index contributed by atoms with van der Waals surface area (Å²) < 4.78 is 49.8. The summed E-state index contributed by atoms with van der Waals surface area (Å²) >= 11 is 5.97. The Bertz CT molecular complexity index is 1390. The van der Waals surface area contributed by atoms with Crippen molar-refractivity contribution in [3.8, 4) is 11.5 Å². The topological polar surface area (TPSA) is 118 Å². The van der Waals surface area contributed by atoms with Crippen molar-refractivity contribution in [2.24, 2.45) is 7.05 Å². The quantitative estimate of drug-likeness (QED) is 0.397. The second-order valence-electron chi connectivity index (χ2n) is 8.18. The van der Waals surface area contributed by atoms with Crippen LogP contribution in [-0.4, -0.2) is 44.8 Å². The van der Waals surface area contributed by atoms with Crippen LogP contribution in [0.1, 0.15) is 5.56 Å². The fourth-order valence-corrected chi connectivity index (χ4v) is 3.96. The predicted molar refractivity (Wildman–Crippen MR) is 128 cm³/mol. The Labute approximate surface area is 212 Å². The summed E-state index contributed by atoms with van der Waals surface area (Å²) in [5.41, 5.74) is -0.782. The lowest BCUT2D eigenvalue weighted by Crippen LogP contribution is -2.45. The molecule has 0 fully saturated rings. The van der Waals surface area contributed by atoms with E-state index in [1.807, 2.05) is 0 Å². The fraction of sp³-hybridized carbons (Fsp3) is 0.304. The summed E-state index contributed by atoms with van der Waals surface area (Å²) in [6.07, 6.45) is -7.38. The van der Waals surface area contributed by atoms with Crippen LogP contribution < -0.4 is 30.9 Å². The smallest absolute Gasteiger partial charge is 0.452 e. The van der Waals surface area contributed by atoms with Gasteiger partial charge in [0.1, 0.15) is 23.0 Å². The molecule has 1 aromatic heterocycles. The van der Waals surface area contributed by atoms with Gasteiger partial charge >= 0.3 is 12.1 Å². The van der Waals surface area contributed by atoms with Gasteiger partial charge in [-0.25, -0.2) is 4.79 Å². The normalized spacial score (nSPS) is 15.8. The highest BCUT2D eigenvalue weighted by Crippen LogP contribution is 2.34. The number of rotatable bonds is 8. The number of anilines is 2. The van der Waals surface area contributed by atoms with Gasteiger partial charge in [0.25, 0.3) is 11.9 Å². The summed E-state index contributed by atoms with van der Waals surface area (Å²) in [5, 5.41) is 22.5. The second kappa shape index (κ2) is 10.4. The molecule has 2 aromatic carbocycles. The molecule has 1 aliphatic heterocycles. The minimum absolute atomic E-state index is 0.00538. The van der Waals surface area contributed by atoms with Crippen LogP contribution in [0.3, 0.4) is 0 Å². The molecule has 0 amide bonds. The van der Waals surface area contributed by atoms with Crippen molar-refractivity contribution in [2.75, 3.05) is 16.8 Å². The molecular weight excluding hydrogens is 521 g/mol. The molecule has 4 rings (SSSR count). The zero-order chi connectivity index (χ0) is 26.9. The van der Waals surface area contributed by atoms with E-state index < -0.39 is 49.0 Å². The van der Waals surface area contributed by atoms with Crippen LogP contribution in [0.15, 0.2) is 58.1 Å². The van der Waals surface area contributed by atoms with Gasteiger partial charge in [-0.3, -0.25) is 13.9 Å². The third kappa shape index (κ3) is 5.84. The number of aliphatic hydroxyl groups excluding tert-OH is 2. The predicted octanol–water partition coefficient (Wildman–Crippen LogP) is 2.25. The number of hydrogen-bond donors (Lipinski definition) is 3. The van der Waals surface area contributed by atoms with Crippen LogP contribution in [0.5, 0.6) is 11.5 Å². The zero-order valence-corrected chi connectivity index (χ0v) is 20.0. The molecule has 0 spiro atoms. The van der Waals surface area contributed by atoms with E-state index in [1.54, 1.807) is 24.3 Å². The lowest BCUT2D eigenvalue weighted by Gasteiger charge is -2.27. The fourth-order valence-electron chi connectivity index (χ4n) is 3.83. The number of ether oxygens (including phenoxy) is 2. The number of benzene rings is 2. The monoisotopic (exact) mass is 542 g/mol. The standard InChI is InChI=1S/C23H22ClF3N4O6/c1-29-19-18(20(34)31(22(29)35)11-15(33)12-32)30(10-13-5-7-14(24)8-6-13)21(28-19)36-16-3-2-4-17(9-16)37-23(25,26)27/h2-9,15,21,28,32-33H,10-12H2,1H3. The number of fused-ring (bicyclic) bond motifs is 1. The van der Waals surface area contributed by atoms with E-state index in [0.717, 1.165) is 21.3 Å². The molecule has 198 valence electrons. The van der Waals surface area contributed by atoms with Gasteiger partial charge in [0.2, 0.25) is 0 Å². The molecule has 0 radical (unpaired) electrons. The highest BCUT2D eigenvalue weighted by molar-refractivity contribution is 6.30. The van der Waals surface area contributed by atoms with Crippen LogP contribution in [-0.2, 0) is 20.1 Å². The van der Waals surface area contributed by atoms with E-state index in [4.69, 9.17) is 16.3 Å². The molecule has 3 aromatic rings. The Morgan fingerprint density at radius 1 is 1.14 bits per heavy atom. The van der Waals surface area contributed by atoms with E-state index in [9.17, 15) is 33.0 Å². The third-order valence-corrected chi connectivity index (χ3v) is 5.76. The molecule has 14 heteroatoms. The maximum Gasteiger partial charge on any atom is 0.573 e. The molecule has 10 nitrogen and oxygen atoms in total. The molecule has 2 heterocycles. The van der Waals surface area contributed by atoms with Gasteiger partial charge < -0.3 is 29.9 Å². The second-order valence-corrected chi connectivity index (χ2v) is 8.62. The van der Waals surface area contributed by atoms with Gasteiger partial charge in [-0.15, -0.1) is 13.2 Å². The molecule has 0 bridgehead atoms. The van der Waals surface area contributed by atoms with Crippen LogP contribution >= 0.6 is 11.6 Å². The first-order valence-electron chi connectivity index (χ1n) is 10.9. The number of nitrogens with one attached hydrogen (secondary N) is 1. The summed E-state index contributed by atoms with van der Waals surface area (Å²) in [5.74, 6) is -0.405. The van der Waals surface area contributed by atoms with Gasteiger partial charge in [-0.05, 0) is 29.8 Å².